The molecule has 0 radical (unpaired) electrons. The topological polar surface area (TPSA) is 44.3 Å². The lowest BCUT2D eigenvalue weighted by molar-refractivity contribution is 0.820. The molecule has 118 valence electrons. The second-order valence-corrected chi connectivity index (χ2v) is 5.37. The van der Waals surface area contributed by atoms with Crippen molar-refractivity contribution < 1.29 is 0 Å². The monoisotopic (exact) mass is 299 g/mol. The molecule has 5 nitrogen and oxygen atoms in total. The summed E-state index contributed by atoms with van der Waals surface area (Å²) in [5, 5.41) is 3.29. The summed E-state index contributed by atoms with van der Waals surface area (Å²) in [4.78, 5) is 13.0. The molecule has 2 aromatic rings. The van der Waals surface area contributed by atoms with E-state index >= 15 is 0 Å². The Kier molecular flexibility index (Phi) is 6.01. The molecule has 0 saturated heterocycles. The maximum Gasteiger partial charge on any atom is 0.133 e. The fraction of sp³-hybridized carbons (Fsp3) is 0.412. The smallest absolute Gasteiger partial charge is 0.133 e. The van der Waals surface area contributed by atoms with Crippen molar-refractivity contribution in [3.63, 3.8) is 0 Å². The first-order valence-corrected chi connectivity index (χ1v) is 7.74. The van der Waals surface area contributed by atoms with E-state index in [1.54, 1.807) is 6.33 Å². The van der Waals surface area contributed by atoms with Crippen molar-refractivity contribution in [3.8, 4) is 0 Å². The van der Waals surface area contributed by atoms with E-state index < -0.39 is 0 Å². The van der Waals surface area contributed by atoms with Crippen molar-refractivity contribution in [1.29, 1.82) is 0 Å². The highest BCUT2D eigenvalue weighted by Gasteiger charge is 2.06. The van der Waals surface area contributed by atoms with Crippen molar-refractivity contribution in [2.45, 2.75) is 13.3 Å². The third-order valence-corrected chi connectivity index (χ3v) is 3.57. The van der Waals surface area contributed by atoms with Crippen LogP contribution < -0.4 is 15.1 Å². The van der Waals surface area contributed by atoms with Crippen LogP contribution in [0.1, 0.15) is 13.3 Å². The number of benzene rings is 1. The van der Waals surface area contributed by atoms with E-state index in [0.717, 1.165) is 37.7 Å². The predicted molar refractivity (Wildman–Crippen MR) is 93.8 cm³/mol. The minimum absolute atomic E-state index is 0.884. The number of rotatable bonds is 8. The van der Waals surface area contributed by atoms with Crippen molar-refractivity contribution in [2.24, 2.45) is 0 Å². The third-order valence-electron chi connectivity index (χ3n) is 3.57. The molecule has 0 fully saturated rings. The standard InChI is InChI=1S/C17H25N5/c1-4-10-18-16-13-17(20-14-19-16)22(3)12-11-21(2)15-8-6-5-7-9-15/h5-9,13-14H,4,10-12H2,1-3H3,(H,18,19,20). The zero-order chi connectivity index (χ0) is 15.8. The average molecular weight is 299 g/mol. The molecular formula is C17H25N5. The van der Waals surface area contributed by atoms with E-state index in [9.17, 15) is 0 Å². The Balaban J connectivity index is 1.90. The molecule has 0 unspecified atom stereocenters. The van der Waals surface area contributed by atoms with Gasteiger partial charge in [0, 0.05) is 45.5 Å². The number of hydrogen-bond donors (Lipinski definition) is 1. The van der Waals surface area contributed by atoms with Crippen LogP contribution in [0.4, 0.5) is 17.3 Å². The Labute approximate surface area is 133 Å². The summed E-state index contributed by atoms with van der Waals surface area (Å²) in [7, 11) is 4.17. The molecule has 1 aromatic heterocycles. The van der Waals surface area contributed by atoms with Gasteiger partial charge < -0.3 is 15.1 Å². The van der Waals surface area contributed by atoms with Crippen LogP contribution in [0.25, 0.3) is 0 Å². The summed E-state index contributed by atoms with van der Waals surface area (Å²) in [6, 6.07) is 12.4. The molecule has 1 aromatic carbocycles. The number of anilines is 3. The molecule has 0 amide bonds. The Morgan fingerprint density at radius 2 is 1.73 bits per heavy atom. The average Bonchev–Trinajstić information content (AvgIpc) is 2.58. The summed E-state index contributed by atoms with van der Waals surface area (Å²) in [6.07, 6.45) is 2.70. The second kappa shape index (κ2) is 8.22. The second-order valence-electron chi connectivity index (χ2n) is 5.37. The van der Waals surface area contributed by atoms with Crippen molar-refractivity contribution in [1.82, 2.24) is 9.97 Å². The van der Waals surface area contributed by atoms with E-state index in [-0.39, 0.29) is 0 Å². The molecule has 2 rings (SSSR count). The number of aromatic nitrogens is 2. The van der Waals surface area contributed by atoms with Crippen LogP contribution in [0, 0.1) is 0 Å². The zero-order valence-corrected chi connectivity index (χ0v) is 13.7. The number of para-hydroxylation sites is 1. The molecule has 5 heteroatoms. The van der Waals surface area contributed by atoms with E-state index in [1.807, 2.05) is 12.1 Å². The first-order valence-electron chi connectivity index (χ1n) is 7.74. The van der Waals surface area contributed by atoms with Crippen LogP contribution in [0.2, 0.25) is 0 Å². The van der Waals surface area contributed by atoms with Gasteiger partial charge in [0.1, 0.15) is 18.0 Å². The summed E-state index contributed by atoms with van der Waals surface area (Å²) >= 11 is 0. The van der Waals surface area contributed by atoms with Gasteiger partial charge in [0.2, 0.25) is 0 Å². The van der Waals surface area contributed by atoms with Gasteiger partial charge in [0.15, 0.2) is 0 Å². The van der Waals surface area contributed by atoms with Crippen molar-refractivity contribution in [2.75, 3.05) is 48.8 Å². The molecule has 0 aliphatic carbocycles. The van der Waals surface area contributed by atoms with Gasteiger partial charge in [-0.2, -0.15) is 0 Å². The highest BCUT2D eigenvalue weighted by Crippen LogP contribution is 2.14. The molecule has 0 saturated carbocycles. The SMILES string of the molecule is CCCNc1cc(N(C)CCN(C)c2ccccc2)ncn1. The van der Waals surface area contributed by atoms with E-state index in [1.165, 1.54) is 5.69 Å². The molecule has 0 bridgehead atoms. The zero-order valence-electron chi connectivity index (χ0n) is 13.7. The molecule has 0 aliphatic rings. The summed E-state index contributed by atoms with van der Waals surface area (Å²) in [5.74, 6) is 1.82. The highest BCUT2D eigenvalue weighted by molar-refractivity contribution is 5.49. The van der Waals surface area contributed by atoms with E-state index in [4.69, 9.17) is 0 Å². The Bertz CT molecular complexity index is 558. The Hall–Kier alpha value is -2.30. The molecule has 0 spiro atoms. The first-order chi connectivity index (χ1) is 10.7. The Morgan fingerprint density at radius 3 is 2.45 bits per heavy atom. The van der Waals surface area contributed by atoms with Crippen LogP contribution in [-0.4, -0.2) is 43.7 Å². The van der Waals surface area contributed by atoms with Gasteiger partial charge in [-0.15, -0.1) is 0 Å². The van der Waals surface area contributed by atoms with Crippen LogP contribution in [0.15, 0.2) is 42.7 Å². The lowest BCUT2D eigenvalue weighted by Gasteiger charge is -2.24. The fourth-order valence-corrected chi connectivity index (χ4v) is 2.13. The largest absolute Gasteiger partial charge is 0.373 e. The summed E-state index contributed by atoms with van der Waals surface area (Å²) in [5.41, 5.74) is 1.23. The van der Waals surface area contributed by atoms with Gasteiger partial charge >= 0.3 is 0 Å². The normalized spacial score (nSPS) is 10.3. The third kappa shape index (κ3) is 4.62. The predicted octanol–water partition coefficient (Wildman–Crippen LogP) is 2.87. The van der Waals surface area contributed by atoms with Crippen LogP contribution in [0.5, 0.6) is 0 Å². The molecule has 1 N–H and O–H groups in total. The van der Waals surface area contributed by atoms with Crippen LogP contribution in [-0.2, 0) is 0 Å². The van der Waals surface area contributed by atoms with Crippen molar-refractivity contribution in [3.05, 3.63) is 42.7 Å². The molecule has 22 heavy (non-hydrogen) atoms. The van der Waals surface area contributed by atoms with Gasteiger partial charge in [-0.25, -0.2) is 9.97 Å². The van der Waals surface area contributed by atoms with Crippen LogP contribution >= 0.6 is 0 Å². The Morgan fingerprint density at radius 1 is 1.00 bits per heavy atom. The van der Waals surface area contributed by atoms with Gasteiger partial charge in [-0.3, -0.25) is 0 Å². The molecule has 0 atom stereocenters. The lowest BCUT2D eigenvalue weighted by Crippen LogP contribution is -2.31. The quantitative estimate of drug-likeness (QED) is 0.812. The minimum atomic E-state index is 0.884. The number of nitrogens with zero attached hydrogens (tertiary/aromatic N) is 4. The summed E-state index contributed by atoms with van der Waals surface area (Å²) < 4.78 is 0. The lowest BCUT2D eigenvalue weighted by atomic mass is 10.3. The van der Waals surface area contributed by atoms with Crippen LogP contribution in [0.3, 0.4) is 0 Å². The maximum atomic E-state index is 4.35. The van der Waals surface area contributed by atoms with E-state index in [2.05, 4.69) is 70.4 Å². The minimum Gasteiger partial charge on any atom is -0.373 e. The van der Waals surface area contributed by atoms with Crippen molar-refractivity contribution >= 4 is 17.3 Å². The summed E-state index contributed by atoms with van der Waals surface area (Å²) in [6.45, 7) is 4.90. The molecule has 0 aliphatic heterocycles. The first kappa shape index (κ1) is 16.1. The number of hydrogen-bond acceptors (Lipinski definition) is 5. The number of nitrogens with one attached hydrogen (secondary N) is 1. The highest BCUT2D eigenvalue weighted by atomic mass is 15.2. The van der Waals surface area contributed by atoms with Gasteiger partial charge in [-0.1, -0.05) is 25.1 Å². The molecule has 1 heterocycles. The van der Waals surface area contributed by atoms with Gasteiger partial charge in [-0.05, 0) is 18.6 Å². The number of likely N-dealkylation sites (N-methyl/N-ethyl adjacent to an activating group) is 2. The fourth-order valence-electron chi connectivity index (χ4n) is 2.13. The molecular weight excluding hydrogens is 274 g/mol. The maximum absolute atomic E-state index is 4.35. The van der Waals surface area contributed by atoms with E-state index in [0.29, 0.717) is 0 Å². The van der Waals surface area contributed by atoms with Gasteiger partial charge in [0.25, 0.3) is 0 Å². The van der Waals surface area contributed by atoms with Gasteiger partial charge in [0.05, 0.1) is 0 Å².